The lowest BCUT2D eigenvalue weighted by molar-refractivity contribution is 0.0813. The van der Waals surface area contributed by atoms with Gasteiger partial charge in [-0.1, -0.05) is 36.4 Å². The molecule has 2 aromatic carbocycles. The summed E-state index contributed by atoms with van der Waals surface area (Å²) in [6, 6.07) is 16.0. The Kier molecular flexibility index (Phi) is 6.12. The van der Waals surface area contributed by atoms with Gasteiger partial charge in [0.15, 0.2) is 5.78 Å². The summed E-state index contributed by atoms with van der Waals surface area (Å²) in [6.45, 7) is 5.60. The van der Waals surface area contributed by atoms with Crippen molar-refractivity contribution in [3.63, 3.8) is 0 Å². The van der Waals surface area contributed by atoms with E-state index in [1.165, 1.54) is 0 Å². The zero-order valence-corrected chi connectivity index (χ0v) is 19.6. The van der Waals surface area contributed by atoms with Crippen molar-refractivity contribution in [2.45, 2.75) is 18.6 Å². The first-order valence-electron chi connectivity index (χ1n) is 12.3. The highest BCUT2D eigenvalue weighted by Crippen LogP contribution is 2.36. The van der Waals surface area contributed by atoms with Gasteiger partial charge in [0.05, 0.1) is 18.3 Å². The number of benzene rings is 2. The van der Waals surface area contributed by atoms with Gasteiger partial charge >= 0.3 is 0 Å². The number of nitrogens with zero attached hydrogens (tertiary/aromatic N) is 4. The molecule has 2 unspecified atom stereocenters. The number of ketones is 1. The Morgan fingerprint density at radius 1 is 1.09 bits per heavy atom. The first-order chi connectivity index (χ1) is 17.3. The van der Waals surface area contributed by atoms with Crippen molar-refractivity contribution in [2.75, 3.05) is 39.3 Å². The lowest BCUT2D eigenvalue weighted by Crippen LogP contribution is -2.49. The summed E-state index contributed by atoms with van der Waals surface area (Å²) in [5.74, 6) is 0.0605. The van der Waals surface area contributed by atoms with E-state index in [0.29, 0.717) is 5.56 Å². The molecular weight excluding hydrogens is 438 g/mol. The van der Waals surface area contributed by atoms with E-state index in [9.17, 15) is 4.79 Å². The second-order valence-electron chi connectivity index (χ2n) is 9.34. The molecule has 0 radical (unpaired) electrons. The van der Waals surface area contributed by atoms with Gasteiger partial charge in [0.2, 0.25) is 0 Å². The molecule has 2 saturated heterocycles. The van der Waals surface area contributed by atoms with Gasteiger partial charge in [-0.25, -0.2) is 0 Å². The molecule has 4 aromatic rings. The molecule has 0 amide bonds. The SMILES string of the molecule is O=C(c1ccc2cc[nH]c2c1)c1ccccc1C(C1CO1)N1CCN(CCc2cnccn2)CC1. The van der Waals surface area contributed by atoms with Crippen molar-refractivity contribution in [1.82, 2.24) is 24.8 Å². The summed E-state index contributed by atoms with van der Waals surface area (Å²) < 4.78 is 5.81. The highest BCUT2D eigenvalue weighted by Gasteiger charge is 2.40. The number of piperazine rings is 1. The Bertz CT molecular complexity index is 1310. The zero-order valence-electron chi connectivity index (χ0n) is 19.6. The van der Waals surface area contributed by atoms with Crippen LogP contribution in [0.5, 0.6) is 0 Å². The average Bonchev–Trinajstić information content (AvgIpc) is 3.63. The van der Waals surface area contributed by atoms with Gasteiger partial charge in [-0.3, -0.25) is 19.7 Å². The van der Waals surface area contributed by atoms with E-state index in [1.54, 1.807) is 12.4 Å². The second kappa shape index (κ2) is 9.70. The Labute approximate surface area is 204 Å². The van der Waals surface area contributed by atoms with Crippen LogP contribution in [-0.2, 0) is 11.2 Å². The molecule has 1 N–H and O–H groups in total. The van der Waals surface area contributed by atoms with E-state index in [2.05, 4.69) is 30.8 Å². The number of fused-ring (bicyclic) bond motifs is 1. The predicted molar refractivity (Wildman–Crippen MR) is 134 cm³/mol. The number of epoxide rings is 1. The first-order valence-corrected chi connectivity index (χ1v) is 12.3. The number of nitrogens with one attached hydrogen (secondary N) is 1. The van der Waals surface area contributed by atoms with Crippen LogP contribution >= 0.6 is 0 Å². The molecule has 4 heterocycles. The molecule has 2 aromatic heterocycles. The molecule has 178 valence electrons. The van der Waals surface area contributed by atoms with Crippen LogP contribution in [-0.4, -0.2) is 76.0 Å². The molecule has 6 rings (SSSR count). The van der Waals surface area contributed by atoms with E-state index < -0.39 is 0 Å². The minimum absolute atomic E-state index is 0.0605. The maximum atomic E-state index is 13.6. The fourth-order valence-electron chi connectivity index (χ4n) is 5.17. The number of aromatic nitrogens is 3. The molecule has 0 saturated carbocycles. The zero-order chi connectivity index (χ0) is 23.6. The monoisotopic (exact) mass is 467 g/mol. The number of rotatable bonds is 8. The standard InChI is InChI=1S/C28H29N5O2/c34-28(21-6-5-20-7-9-31-25(20)17-21)24-4-2-1-3-23(24)27(26-19-35-26)33-15-13-32(14-16-33)12-8-22-18-29-10-11-30-22/h1-7,9-11,17-18,26-27,31H,8,12-16,19H2. The fourth-order valence-corrected chi connectivity index (χ4v) is 5.17. The van der Waals surface area contributed by atoms with Crippen molar-refractivity contribution < 1.29 is 9.53 Å². The second-order valence-corrected chi connectivity index (χ2v) is 9.34. The highest BCUT2D eigenvalue weighted by molar-refractivity contribution is 6.11. The molecule has 2 aliphatic rings. The minimum Gasteiger partial charge on any atom is -0.371 e. The Morgan fingerprint density at radius 2 is 1.94 bits per heavy atom. The average molecular weight is 468 g/mol. The minimum atomic E-state index is 0.0605. The fraction of sp³-hybridized carbons (Fsp3) is 0.321. The smallest absolute Gasteiger partial charge is 0.193 e. The third-order valence-electron chi connectivity index (χ3n) is 7.15. The van der Waals surface area contributed by atoms with E-state index in [0.717, 1.165) is 73.5 Å². The third kappa shape index (κ3) is 4.75. The molecule has 0 aliphatic carbocycles. The predicted octanol–water partition coefficient (Wildman–Crippen LogP) is 3.49. The first kappa shape index (κ1) is 22.1. The molecular formula is C28H29N5O2. The Morgan fingerprint density at radius 3 is 2.74 bits per heavy atom. The lowest BCUT2D eigenvalue weighted by atomic mass is 9.91. The number of H-pyrrole nitrogens is 1. The third-order valence-corrected chi connectivity index (χ3v) is 7.15. The van der Waals surface area contributed by atoms with Gasteiger partial charge in [0.1, 0.15) is 6.10 Å². The van der Waals surface area contributed by atoms with Gasteiger partial charge in [-0.2, -0.15) is 0 Å². The quantitative estimate of drug-likeness (QED) is 0.316. The normalized spacial score (nSPS) is 19.6. The van der Waals surface area contributed by atoms with Crippen molar-refractivity contribution in [2.24, 2.45) is 0 Å². The summed E-state index contributed by atoms with van der Waals surface area (Å²) in [6.07, 6.45) is 8.26. The number of carbonyl (C=O) groups is 1. The van der Waals surface area contributed by atoms with Crippen LogP contribution in [0.4, 0.5) is 0 Å². The summed E-state index contributed by atoms with van der Waals surface area (Å²) in [5.41, 5.74) is 4.55. The molecule has 7 heteroatoms. The van der Waals surface area contributed by atoms with Crippen molar-refractivity contribution in [1.29, 1.82) is 0 Å². The molecule has 2 aliphatic heterocycles. The number of carbonyl (C=O) groups excluding carboxylic acids is 1. The molecule has 35 heavy (non-hydrogen) atoms. The molecule has 7 nitrogen and oxygen atoms in total. The van der Waals surface area contributed by atoms with Gasteiger partial charge in [-0.05, 0) is 23.1 Å². The molecule has 2 atom stereocenters. The number of aromatic amines is 1. The molecule has 2 fully saturated rings. The van der Waals surface area contributed by atoms with Gasteiger partial charge in [0, 0.05) is 80.6 Å². The van der Waals surface area contributed by atoms with Crippen LogP contribution in [0.1, 0.15) is 33.2 Å². The maximum absolute atomic E-state index is 13.6. The van der Waals surface area contributed by atoms with Gasteiger partial charge in [0.25, 0.3) is 0 Å². The topological polar surface area (TPSA) is 77.7 Å². The van der Waals surface area contributed by atoms with Crippen LogP contribution in [0, 0.1) is 0 Å². The summed E-state index contributed by atoms with van der Waals surface area (Å²) in [4.78, 5) is 30.4. The number of ether oxygens (including phenoxy) is 1. The van der Waals surface area contributed by atoms with Crippen LogP contribution in [0.3, 0.4) is 0 Å². The van der Waals surface area contributed by atoms with E-state index in [-0.39, 0.29) is 17.9 Å². The van der Waals surface area contributed by atoms with Crippen LogP contribution in [0.25, 0.3) is 10.9 Å². The van der Waals surface area contributed by atoms with Crippen molar-refractivity contribution in [3.05, 3.63) is 95.7 Å². The molecule has 0 bridgehead atoms. The van der Waals surface area contributed by atoms with Gasteiger partial charge < -0.3 is 14.6 Å². The van der Waals surface area contributed by atoms with E-state index in [1.807, 2.05) is 54.9 Å². The van der Waals surface area contributed by atoms with Gasteiger partial charge in [-0.15, -0.1) is 0 Å². The summed E-state index contributed by atoms with van der Waals surface area (Å²) >= 11 is 0. The van der Waals surface area contributed by atoms with E-state index >= 15 is 0 Å². The van der Waals surface area contributed by atoms with Crippen LogP contribution < -0.4 is 0 Å². The number of hydrogen-bond donors (Lipinski definition) is 1. The van der Waals surface area contributed by atoms with E-state index in [4.69, 9.17) is 4.74 Å². The summed E-state index contributed by atoms with van der Waals surface area (Å²) in [7, 11) is 0. The van der Waals surface area contributed by atoms with Crippen molar-refractivity contribution >= 4 is 16.7 Å². The van der Waals surface area contributed by atoms with Crippen LogP contribution in [0.15, 0.2) is 73.3 Å². The lowest BCUT2D eigenvalue weighted by Gasteiger charge is -2.39. The largest absolute Gasteiger partial charge is 0.371 e. The van der Waals surface area contributed by atoms with Crippen LogP contribution in [0.2, 0.25) is 0 Å². The highest BCUT2D eigenvalue weighted by atomic mass is 16.6. The van der Waals surface area contributed by atoms with Crippen molar-refractivity contribution in [3.8, 4) is 0 Å². The Balaban J connectivity index is 1.19. The molecule has 0 spiro atoms. The Hall–Kier alpha value is -3.39. The maximum Gasteiger partial charge on any atom is 0.193 e. The summed E-state index contributed by atoms with van der Waals surface area (Å²) in [5, 5.41) is 1.11. The number of hydrogen-bond acceptors (Lipinski definition) is 6.